The van der Waals surface area contributed by atoms with E-state index in [1.165, 1.54) is 0 Å². The number of carbonyl (C=O) groups is 1. The van der Waals surface area contributed by atoms with Crippen LogP contribution in [0.5, 0.6) is 0 Å². The smallest absolute Gasteiger partial charge is 0.200 e. The Morgan fingerprint density at radius 3 is 2.50 bits per heavy atom. The molecule has 2 rings (SSSR count). The molecule has 0 bridgehead atoms. The van der Waals surface area contributed by atoms with Crippen molar-refractivity contribution >= 4 is 5.78 Å². The lowest BCUT2D eigenvalue weighted by molar-refractivity contribution is -0.0587. The number of allylic oxidation sites excluding steroid dienone is 1. The highest BCUT2D eigenvalue weighted by Crippen LogP contribution is 2.28. The Morgan fingerprint density at radius 1 is 1.15 bits per heavy atom. The SMILES string of the molecule is CCCC1O/C(=C\C(=O)c2ccccc2)C(CCC)O1. The highest BCUT2D eigenvalue weighted by Gasteiger charge is 2.31. The van der Waals surface area contributed by atoms with Gasteiger partial charge in [0.1, 0.15) is 11.9 Å². The third kappa shape index (κ3) is 3.70. The minimum Gasteiger partial charge on any atom is -0.466 e. The van der Waals surface area contributed by atoms with E-state index in [1.807, 2.05) is 30.3 Å². The minimum atomic E-state index is -0.202. The van der Waals surface area contributed by atoms with Crippen LogP contribution in [0.3, 0.4) is 0 Å². The largest absolute Gasteiger partial charge is 0.466 e. The van der Waals surface area contributed by atoms with Crippen LogP contribution in [0.4, 0.5) is 0 Å². The Hall–Kier alpha value is -1.61. The molecule has 0 saturated carbocycles. The fourth-order valence-corrected chi connectivity index (χ4v) is 2.28. The van der Waals surface area contributed by atoms with Crippen molar-refractivity contribution in [1.29, 1.82) is 0 Å². The summed E-state index contributed by atoms with van der Waals surface area (Å²) in [6, 6.07) is 9.25. The monoisotopic (exact) mass is 274 g/mol. The minimum absolute atomic E-state index is 0.0255. The average molecular weight is 274 g/mol. The molecule has 2 atom stereocenters. The molecular weight excluding hydrogens is 252 g/mol. The van der Waals surface area contributed by atoms with E-state index in [0.29, 0.717) is 11.3 Å². The van der Waals surface area contributed by atoms with Crippen molar-refractivity contribution in [3.8, 4) is 0 Å². The Labute approximate surface area is 120 Å². The van der Waals surface area contributed by atoms with E-state index in [-0.39, 0.29) is 18.2 Å². The van der Waals surface area contributed by atoms with E-state index in [1.54, 1.807) is 6.08 Å². The molecule has 1 aliphatic heterocycles. The molecule has 1 saturated heterocycles. The fraction of sp³-hybridized carbons (Fsp3) is 0.471. The van der Waals surface area contributed by atoms with Crippen molar-refractivity contribution < 1.29 is 14.3 Å². The van der Waals surface area contributed by atoms with Gasteiger partial charge in [0, 0.05) is 18.1 Å². The van der Waals surface area contributed by atoms with Gasteiger partial charge < -0.3 is 9.47 Å². The van der Waals surface area contributed by atoms with E-state index in [2.05, 4.69) is 13.8 Å². The van der Waals surface area contributed by atoms with Crippen LogP contribution in [-0.2, 0) is 9.47 Å². The van der Waals surface area contributed by atoms with Gasteiger partial charge in [0.2, 0.25) is 0 Å². The molecule has 20 heavy (non-hydrogen) atoms. The van der Waals surface area contributed by atoms with E-state index >= 15 is 0 Å². The summed E-state index contributed by atoms with van der Waals surface area (Å²) in [6.45, 7) is 4.20. The summed E-state index contributed by atoms with van der Waals surface area (Å²) in [6.07, 6.45) is 5.06. The predicted molar refractivity (Wildman–Crippen MR) is 78.4 cm³/mol. The number of ether oxygens (including phenoxy) is 2. The Bertz CT molecular complexity index is 464. The molecule has 1 aromatic rings. The maximum atomic E-state index is 12.2. The van der Waals surface area contributed by atoms with E-state index in [0.717, 1.165) is 25.7 Å². The van der Waals surface area contributed by atoms with Crippen LogP contribution in [-0.4, -0.2) is 18.2 Å². The van der Waals surface area contributed by atoms with Gasteiger partial charge in [-0.3, -0.25) is 4.79 Å². The topological polar surface area (TPSA) is 35.5 Å². The number of ketones is 1. The number of rotatable bonds is 6. The zero-order valence-electron chi connectivity index (χ0n) is 12.2. The summed E-state index contributed by atoms with van der Waals surface area (Å²) in [5.41, 5.74) is 0.679. The molecule has 0 aromatic heterocycles. The van der Waals surface area contributed by atoms with Gasteiger partial charge in [0.15, 0.2) is 12.1 Å². The van der Waals surface area contributed by atoms with Crippen molar-refractivity contribution in [1.82, 2.24) is 0 Å². The molecule has 1 heterocycles. The second-order valence-electron chi connectivity index (χ2n) is 5.03. The molecule has 0 amide bonds. The van der Waals surface area contributed by atoms with Gasteiger partial charge in [0.05, 0.1) is 0 Å². The first kappa shape index (κ1) is 14.8. The Balaban J connectivity index is 2.11. The van der Waals surface area contributed by atoms with Gasteiger partial charge in [-0.1, -0.05) is 57.0 Å². The highest BCUT2D eigenvalue weighted by atomic mass is 16.7. The third-order valence-electron chi connectivity index (χ3n) is 3.31. The molecular formula is C17H22O3. The van der Waals surface area contributed by atoms with E-state index in [9.17, 15) is 4.79 Å². The fourth-order valence-electron chi connectivity index (χ4n) is 2.28. The quantitative estimate of drug-likeness (QED) is 0.579. The lowest BCUT2D eigenvalue weighted by Crippen LogP contribution is -2.11. The van der Waals surface area contributed by atoms with Crippen LogP contribution in [0.25, 0.3) is 0 Å². The van der Waals surface area contributed by atoms with Gasteiger partial charge in [-0.25, -0.2) is 0 Å². The van der Waals surface area contributed by atoms with Crippen molar-refractivity contribution in [2.75, 3.05) is 0 Å². The predicted octanol–water partition coefficient (Wildman–Crippen LogP) is 4.09. The summed E-state index contributed by atoms with van der Waals surface area (Å²) < 4.78 is 11.6. The van der Waals surface area contributed by atoms with E-state index < -0.39 is 0 Å². The lowest BCUT2D eigenvalue weighted by Gasteiger charge is -2.07. The summed E-state index contributed by atoms with van der Waals surface area (Å²) in [4.78, 5) is 12.2. The van der Waals surface area contributed by atoms with Crippen molar-refractivity contribution in [2.45, 2.75) is 51.9 Å². The summed E-state index contributed by atoms with van der Waals surface area (Å²) in [7, 11) is 0. The van der Waals surface area contributed by atoms with Gasteiger partial charge in [-0.15, -0.1) is 0 Å². The van der Waals surface area contributed by atoms with Gasteiger partial charge in [-0.2, -0.15) is 0 Å². The lowest BCUT2D eigenvalue weighted by atomic mass is 10.1. The molecule has 0 radical (unpaired) electrons. The van der Waals surface area contributed by atoms with Crippen LogP contribution < -0.4 is 0 Å². The molecule has 108 valence electrons. The summed E-state index contributed by atoms with van der Waals surface area (Å²) in [5.74, 6) is 0.654. The molecule has 0 N–H and O–H groups in total. The molecule has 0 spiro atoms. The zero-order valence-corrected chi connectivity index (χ0v) is 12.2. The van der Waals surface area contributed by atoms with Crippen LogP contribution in [0.1, 0.15) is 49.9 Å². The molecule has 3 nitrogen and oxygen atoms in total. The number of hydrogen-bond donors (Lipinski definition) is 0. The molecule has 1 fully saturated rings. The first-order chi connectivity index (χ1) is 9.74. The summed E-state index contributed by atoms with van der Waals surface area (Å²) in [5, 5.41) is 0. The number of carbonyl (C=O) groups excluding carboxylic acids is 1. The normalized spacial score (nSPS) is 23.8. The standard InChI is InChI=1S/C17H22O3/c1-3-8-15-16(20-17(19-15)9-4-2)12-14(18)13-10-6-5-7-11-13/h5-7,10-12,15,17H,3-4,8-9H2,1-2H3/b16-12-. The van der Waals surface area contributed by atoms with Gasteiger partial charge in [0.25, 0.3) is 0 Å². The average Bonchev–Trinajstić information content (AvgIpc) is 2.82. The number of benzene rings is 1. The maximum Gasteiger partial charge on any atom is 0.200 e. The highest BCUT2D eigenvalue weighted by molar-refractivity contribution is 6.04. The molecule has 1 aromatic carbocycles. The summed E-state index contributed by atoms with van der Waals surface area (Å²) >= 11 is 0. The second kappa shape index (κ2) is 7.25. The van der Waals surface area contributed by atoms with Crippen molar-refractivity contribution in [2.24, 2.45) is 0 Å². The van der Waals surface area contributed by atoms with Crippen LogP contribution in [0.2, 0.25) is 0 Å². The van der Waals surface area contributed by atoms with Gasteiger partial charge >= 0.3 is 0 Å². The molecule has 2 unspecified atom stereocenters. The molecule has 3 heteroatoms. The number of hydrogen-bond acceptors (Lipinski definition) is 3. The van der Waals surface area contributed by atoms with Crippen LogP contribution in [0, 0.1) is 0 Å². The van der Waals surface area contributed by atoms with Crippen molar-refractivity contribution in [3.63, 3.8) is 0 Å². The molecule has 0 aliphatic carbocycles. The first-order valence-electron chi connectivity index (χ1n) is 7.37. The van der Waals surface area contributed by atoms with Crippen molar-refractivity contribution in [3.05, 3.63) is 47.7 Å². The Kier molecular flexibility index (Phi) is 5.36. The Morgan fingerprint density at radius 2 is 1.85 bits per heavy atom. The van der Waals surface area contributed by atoms with Gasteiger partial charge in [-0.05, 0) is 6.42 Å². The second-order valence-corrected chi connectivity index (χ2v) is 5.03. The third-order valence-corrected chi connectivity index (χ3v) is 3.31. The van der Waals surface area contributed by atoms with E-state index in [4.69, 9.17) is 9.47 Å². The van der Waals surface area contributed by atoms with Crippen LogP contribution in [0.15, 0.2) is 42.2 Å². The molecule has 1 aliphatic rings. The maximum absolute atomic E-state index is 12.2. The first-order valence-corrected chi connectivity index (χ1v) is 7.37. The zero-order chi connectivity index (χ0) is 14.4. The van der Waals surface area contributed by atoms with Crippen LogP contribution >= 0.6 is 0 Å².